The van der Waals surface area contributed by atoms with Gasteiger partial charge in [0.2, 0.25) is 15.9 Å². The molecule has 2 aliphatic rings. The van der Waals surface area contributed by atoms with Gasteiger partial charge in [0.05, 0.1) is 11.4 Å². The van der Waals surface area contributed by atoms with Gasteiger partial charge in [-0.05, 0) is 50.2 Å². The lowest BCUT2D eigenvalue weighted by molar-refractivity contribution is -0.132. The Morgan fingerprint density at radius 3 is 2.54 bits per heavy atom. The lowest BCUT2D eigenvalue weighted by Crippen LogP contribution is -2.52. The third-order valence-electron chi connectivity index (χ3n) is 5.55. The van der Waals surface area contributed by atoms with Crippen molar-refractivity contribution in [2.24, 2.45) is 0 Å². The fraction of sp³-hybridized carbons (Fsp3) is 0.632. The summed E-state index contributed by atoms with van der Waals surface area (Å²) in [6.07, 6.45) is 1.93. The zero-order valence-corrected chi connectivity index (χ0v) is 17.1. The average Bonchev–Trinajstić information content (AvgIpc) is 3.15. The number of amides is 1. The maximum atomic E-state index is 13.3. The molecule has 2 aliphatic heterocycles. The van der Waals surface area contributed by atoms with Gasteiger partial charge in [0.15, 0.2) is 0 Å². The molecule has 156 valence electrons. The van der Waals surface area contributed by atoms with Crippen LogP contribution in [0, 0.1) is 5.82 Å². The Kier molecular flexibility index (Phi) is 7.03. The lowest BCUT2D eigenvalue weighted by Gasteiger charge is -2.32. The minimum absolute atomic E-state index is 0.0167. The van der Waals surface area contributed by atoms with Crippen LogP contribution in [0.3, 0.4) is 0 Å². The number of rotatable bonds is 7. The summed E-state index contributed by atoms with van der Waals surface area (Å²) < 4.78 is 41.0. The Morgan fingerprint density at radius 1 is 1.21 bits per heavy atom. The zero-order valence-electron chi connectivity index (χ0n) is 16.3. The number of piperazine rings is 1. The summed E-state index contributed by atoms with van der Waals surface area (Å²) in [5, 5.41) is 3.19. The Hall–Kier alpha value is -1.55. The highest BCUT2D eigenvalue weighted by atomic mass is 32.2. The Bertz CT molecular complexity index is 766. The molecule has 0 spiro atoms. The van der Waals surface area contributed by atoms with E-state index in [0.29, 0.717) is 26.2 Å². The predicted octanol–water partition coefficient (Wildman–Crippen LogP) is 0.733. The fourth-order valence-corrected chi connectivity index (χ4v) is 5.35. The molecule has 7 nitrogen and oxygen atoms in total. The second kappa shape index (κ2) is 9.30. The lowest BCUT2D eigenvalue weighted by atomic mass is 10.2. The summed E-state index contributed by atoms with van der Waals surface area (Å²) in [6, 6.07) is 4.89. The first-order valence-corrected chi connectivity index (χ1v) is 11.3. The second-order valence-electron chi connectivity index (χ2n) is 7.31. The number of hydrogen-bond donors (Lipinski definition) is 1. The van der Waals surface area contributed by atoms with E-state index in [-0.39, 0.29) is 29.9 Å². The molecule has 9 heteroatoms. The largest absolute Gasteiger partial charge is 0.339 e. The van der Waals surface area contributed by atoms with Crippen LogP contribution in [0.2, 0.25) is 0 Å². The molecule has 2 saturated heterocycles. The van der Waals surface area contributed by atoms with E-state index in [1.54, 1.807) is 4.90 Å². The van der Waals surface area contributed by atoms with E-state index >= 15 is 0 Å². The molecule has 0 unspecified atom stereocenters. The van der Waals surface area contributed by atoms with E-state index in [9.17, 15) is 17.6 Å². The van der Waals surface area contributed by atoms with Crippen LogP contribution in [0.4, 0.5) is 4.39 Å². The maximum Gasteiger partial charge on any atom is 0.243 e. The molecule has 1 N–H and O–H groups in total. The topological polar surface area (TPSA) is 73.0 Å². The van der Waals surface area contributed by atoms with E-state index in [2.05, 4.69) is 17.1 Å². The van der Waals surface area contributed by atoms with Crippen molar-refractivity contribution in [2.45, 2.75) is 30.7 Å². The average molecular weight is 413 g/mol. The van der Waals surface area contributed by atoms with Crippen molar-refractivity contribution in [3.05, 3.63) is 30.1 Å². The van der Waals surface area contributed by atoms with E-state index < -0.39 is 15.8 Å². The number of nitrogens with one attached hydrogen (secondary N) is 1. The summed E-state index contributed by atoms with van der Waals surface area (Å²) in [5.41, 5.74) is 0. The number of hydrogen-bond acceptors (Lipinski definition) is 5. The number of nitrogens with zero attached hydrogens (tertiary/aromatic N) is 3. The molecular formula is C19H29FN4O3S. The molecule has 1 amide bonds. The normalized spacial score (nSPS) is 21.4. The molecular weight excluding hydrogens is 383 g/mol. The van der Waals surface area contributed by atoms with Crippen LogP contribution in [-0.2, 0) is 14.8 Å². The molecule has 3 rings (SSSR count). The standard InChI is InChI=1S/C19H29FN4O3S/c1-2-22-11-3-4-17(22)14-24(15-19(25)23-12-9-21-10-13-23)28(26,27)18-7-5-16(20)6-8-18/h5-8,17,21H,2-4,9-15H2,1H3/t17-/m0/s1. The molecule has 0 aliphatic carbocycles. The molecule has 0 saturated carbocycles. The van der Waals surface area contributed by atoms with Crippen molar-refractivity contribution < 1.29 is 17.6 Å². The Labute approximate surface area is 166 Å². The smallest absolute Gasteiger partial charge is 0.243 e. The Morgan fingerprint density at radius 2 is 1.89 bits per heavy atom. The number of halogens is 1. The number of sulfonamides is 1. The van der Waals surface area contributed by atoms with Gasteiger partial charge in [-0.2, -0.15) is 4.31 Å². The van der Waals surface area contributed by atoms with Crippen LogP contribution in [0.15, 0.2) is 29.2 Å². The zero-order chi connectivity index (χ0) is 20.1. The SMILES string of the molecule is CCN1CCC[C@H]1CN(CC(=O)N1CCNCC1)S(=O)(=O)c1ccc(F)cc1. The van der Waals surface area contributed by atoms with Crippen molar-refractivity contribution >= 4 is 15.9 Å². The van der Waals surface area contributed by atoms with Crippen LogP contribution in [0.25, 0.3) is 0 Å². The predicted molar refractivity (Wildman–Crippen MR) is 105 cm³/mol. The van der Waals surface area contributed by atoms with E-state index in [1.165, 1.54) is 16.4 Å². The number of likely N-dealkylation sites (tertiary alicyclic amines) is 1. The summed E-state index contributed by atoms with van der Waals surface area (Å²) in [6.45, 7) is 6.51. The van der Waals surface area contributed by atoms with Gasteiger partial charge in [0.1, 0.15) is 5.82 Å². The fourth-order valence-electron chi connectivity index (χ4n) is 3.92. The van der Waals surface area contributed by atoms with Crippen LogP contribution in [-0.4, -0.2) is 86.8 Å². The van der Waals surface area contributed by atoms with Crippen LogP contribution in [0.5, 0.6) is 0 Å². The van der Waals surface area contributed by atoms with Crippen molar-refractivity contribution in [3.63, 3.8) is 0 Å². The van der Waals surface area contributed by atoms with Gasteiger partial charge in [-0.1, -0.05) is 6.92 Å². The van der Waals surface area contributed by atoms with Gasteiger partial charge in [0.25, 0.3) is 0 Å². The summed E-state index contributed by atoms with van der Waals surface area (Å²) in [7, 11) is -3.89. The number of carbonyl (C=O) groups excluding carboxylic acids is 1. The molecule has 2 fully saturated rings. The van der Waals surface area contributed by atoms with Crippen LogP contribution >= 0.6 is 0 Å². The highest BCUT2D eigenvalue weighted by Crippen LogP contribution is 2.22. The maximum absolute atomic E-state index is 13.3. The van der Waals surface area contributed by atoms with E-state index in [4.69, 9.17) is 0 Å². The minimum Gasteiger partial charge on any atom is -0.339 e. The highest BCUT2D eigenvalue weighted by molar-refractivity contribution is 7.89. The summed E-state index contributed by atoms with van der Waals surface area (Å²) in [4.78, 5) is 16.8. The molecule has 0 bridgehead atoms. The number of likely N-dealkylation sites (N-methyl/N-ethyl adjacent to an activating group) is 1. The van der Waals surface area contributed by atoms with Crippen LogP contribution in [0.1, 0.15) is 19.8 Å². The van der Waals surface area contributed by atoms with Crippen molar-refractivity contribution in [3.8, 4) is 0 Å². The summed E-state index contributed by atoms with van der Waals surface area (Å²) in [5.74, 6) is -0.677. The van der Waals surface area contributed by atoms with Gasteiger partial charge in [-0.15, -0.1) is 0 Å². The van der Waals surface area contributed by atoms with Gasteiger partial charge in [0, 0.05) is 38.8 Å². The molecule has 1 aromatic carbocycles. The third-order valence-corrected chi connectivity index (χ3v) is 7.38. The van der Waals surface area contributed by atoms with Crippen LogP contribution < -0.4 is 5.32 Å². The molecule has 0 radical (unpaired) electrons. The molecule has 28 heavy (non-hydrogen) atoms. The molecule has 1 atom stereocenters. The van der Waals surface area contributed by atoms with Gasteiger partial charge in [-0.3, -0.25) is 9.69 Å². The first kappa shape index (κ1) is 21.2. The monoisotopic (exact) mass is 412 g/mol. The third kappa shape index (κ3) is 4.89. The van der Waals surface area contributed by atoms with Crippen molar-refractivity contribution in [1.82, 2.24) is 19.4 Å². The molecule has 0 aromatic heterocycles. The Balaban J connectivity index is 1.82. The first-order chi connectivity index (χ1) is 13.4. The second-order valence-corrected chi connectivity index (χ2v) is 9.24. The molecule has 1 aromatic rings. The van der Waals surface area contributed by atoms with E-state index in [0.717, 1.165) is 38.1 Å². The van der Waals surface area contributed by atoms with Gasteiger partial charge in [-0.25, -0.2) is 12.8 Å². The quantitative estimate of drug-likeness (QED) is 0.715. The minimum atomic E-state index is -3.89. The number of carbonyl (C=O) groups is 1. The van der Waals surface area contributed by atoms with Gasteiger partial charge >= 0.3 is 0 Å². The first-order valence-electron chi connectivity index (χ1n) is 9.90. The molecule has 2 heterocycles. The van der Waals surface area contributed by atoms with Crippen molar-refractivity contribution in [1.29, 1.82) is 0 Å². The van der Waals surface area contributed by atoms with Gasteiger partial charge < -0.3 is 10.2 Å². The van der Waals surface area contributed by atoms with Crippen molar-refractivity contribution in [2.75, 3.05) is 52.4 Å². The summed E-state index contributed by atoms with van der Waals surface area (Å²) >= 11 is 0. The highest BCUT2D eigenvalue weighted by Gasteiger charge is 2.34. The number of benzene rings is 1. The van der Waals surface area contributed by atoms with E-state index in [1.807, 2.05) is 0 Å².